The molecule has 7 nitrogen and oxygen atoms in total. The molecule has 0 bridgehead atoms. The zero-order valence-electron chi connectivity index (χ0n) is 14.5. The van der Waals surface area contributed by atoms with Crippen molar-refractivity contribution in [1.29, 1.82) is 0 Å². The minimum absolute atomic E-state index is 0.0881. The molecular weight excluding hydrogens is 369 g/mol. The Morgan fingerprint density at radius 3 is 2.89 bits per heavy atom. The van der Waals surface area contributed by atoms with Crippen LogP contribution in [0.15, 0.2) is 40.5 Å². The topological polar surface area (TPSA) is 90.1 Å². The minimum atomic E-state index is -0.350. The van der Waals surface area contributed by atoms with Gasteiger partial charge in [0.25, 0.3) is 5.56 Å². The number of aromatic amines is 1. The number of benzene rings is 1. The first kappa shape index (κ1) is 17.8. The average molecular weight is 387 g/mol. The average Bonchev–Trinajstić information content (AvgIpc) is 3.31. The van der Waals surface area contributed by atoms with Crippen LogP contribution in [-0.2, 0) is 11.3 Å². The maximum absolute atomic E-state index is 13.2. The lowest BCUT2D eigenvalue weighted by molar-refractivity contribution is -0.134. The lowest BCUT2D eigenvalue weighted by Gasteiger charge is -2.24. The first-order valence-electron chi connectivity index (χ1n) is 8.48. The summed E-state index contributed by atoms with van der Waals surface area (Å²) in [5.74, 6) is -0.311. The van der Waals surface area contributed by atoms with Gasteiger partial charge in [-0.1, -0.05) is 12.1 Å². The number of carbonyl (C=O) groups is 1. The fraction of sp³-hybridized carbons (Fsp3) is 0.278. The lowest BCUT2D eigenvalue weighted by Crippen LogP contribution is -2.37. The van der Waals surface area contributed by atoms with Gasteiger partial charge in [-0.25, -0.2) is 14.8 Å². The number of hydrogen-bond donors (Lipinski definition) is 3. The van der Waals surface area contributed by atoms with Gasteiger partial charge in [-0.05, 0) is 29.1 Å². The van der Waals surface area contributed by atoms with Crippen molar-refractivity contribution in [3.8, 4) is 0 Å². The molecule has 2 aromatic heterocycles. The van der Waals surface area contributed by atoms with Crippen LogP contribution in [-0.4, -0.2) is 34.4 Å². The number of hydrogen-bond acceptors (Lipinski definition) is 6. The zero-order valence-corrected chi connectivity index (χ0v) is 15.3. The van der Waals surface area contributed by atoms with Crippen LogP contribution in [0.4, 0.5) is 4.39 Å². The second-order valence-corrected chi connectivity index (χ2v) is 7.42. The van der Waals surface area contributed by atoms with Gasteiger partial charge >= 0.3 is 0 Å². The number of amides is 1. The van der Waals surface area contributed by atoms with E-state index in [9.17, 15) is 14.0 Å². The fourth-order valence-corrected chi connectivity index (χ4v) is 4.02. The van der Waals surface area contributed by atoms with Crippen molar-refractivity contribution in [2.24, 2.45) is 5.92 Å². The molecule has 1 aliphatic rings. The molecule has 3 aromatic rings. The third-order valence-electron chi connectivity index (χ3n) is 4.66. The Bertz CT molecular complexity index is 1030. The van der Waals surface area contributed by atoms with E-state index in [1.807, 2.05) is 5.38 Å². The monoisotopic (exact) mass is 387 g/mol. The molecule has 3 heterocycles. The van der Waals surface area contributed by atoms with E-state index in [1.54, 1.807) is 30.1 Å². The van der Waals surface area contributed by atoms with E-state index in [0.29, 0.717) is 22.6 Å². The van der Waals surface area contributed by atoms with Crippen LogP contribution in [0.3, 0.4) is 0 Å². The first-order valence-corrected chi connectivity index (χ1v) is 9.36. The van der Waals surface area contributed by atoms with Gasteiger partial charge in [-0.2, -0.15) is 0 Å². The standard InChI is InChI=1S/C18H18FN5O2S/c1-24(9-14-21-13-6-7-27-16(13)17(25)22-14)18(26)12-8-20-23-15(12)10-2-4-11(19)5-3-10/h2-7,12,15,20,23H,8-9H2,1H3,(H,21,22,25). The van der Waals surface area contributed by atoms with Crippen molar-refractivity contribution >= 4 is 27.5 Å². The lowest BCUT2D eigenvalue weighted by atomic mass is 9.94. The van der Waals surface area contributed by atoms with E-state index in [4.69, 9.17) is 0 Å². The molecule has 1 saturated heterocycles. The Labute approximate surface area is 158 Å². The molecule has 0 spiro atoms. The van der Waals surface area contributed by atoms with Crippen LogP contribution in [0.1, 0.15) is 17.4 Å². The summed E-state index contributed by atoms with van der Waals surface area (Å²) >= 11 is 1.34. The Balaban J connectivity index is 1.52. The van der Waals surface area contributed by atoms with E-state index in [0.717, 1.165) is 5.56 Å². The summed E-state index contributed by atoms with van der Waals surface area (Å²) in [6.45, 7) is 0.658. The second-order valence-electron chi connectivity index (χ2n) is 6.50. The van der Waals surface area contributed by atoms with Gasteiger partial charge in [-0.15, -0.1) is 11.3 Å². The molecule has 2 atom stereocenters. The molecule has 1 amide bonds. The molecule has 0 radical (unpaired) electrons. The van der Waals surface area contributed by atoms with Crippen LogP contribution >= 0.6 is 11.3 Å². The summed E-state index contributed by atoms with van der Waals surface area (Å²) in [5.41, 5.74) is 7.35. The quantitative estimate of drug-likeness (QED) is 0.632. The van der Waals surface area contributed by atoms with Crippen molar-refractivity contribution in [3.05, 3.63) is 63.3 Å². The highest BCUT2D eigenvalue weighted by atomic mass is 32.1. The highest BCUT2D eigenvalue weighted by Crippen LogP contribution is 2.26. The summed E-state index contributed by atoms with van der Waals surface area (Å²) in [6.07, 6.45) is 0. The highest BCUT2D eigenvalue weighted by molar-refractivity contribution is 7.17. The Morgan fingerprint density at radius 1 is 1.33 bits per heavy atom. The zero-order chi connectivity index (χ0) is 19.0. The number of nitrogens with zero attached hydrogens (tertiary/aromatic N) is 2. The normalized spacial score (nSPS) is 19.5. The van der Waals surface area contributed by atoms with Gasteiger partial charge in [0.15, 0.2) is 0 Å². The number of fused-ring (bicyclic) bond motifs is 1. The molecule has 3 N–H and O–H groups in total. The molecule has 0 saturated carbocycles. The van der Waals surface area contributed by atoms with Crippen molar-refractivity contribution in [2.45, 2.75) is 12.6 Å². The van der Waals surface area contributed by atoms with Crippen molar-refractivity contribution in [3.63, 3.8) is 0 Å². The molecule has 140 valence electrons. The van der Waals surface area contributed by atoms with Crippen LogP contribution in [0.25, 0.3) is 10.2 Å². The maximum Gasteiger partial charge on any atom is 0.268 e. The molecule has 27 heavy (non-hydrogen) atoms. The van der Waals surface area contributed by atoms with Crippen LogP contribution in [0.5, 0.6) is 0 Å². The largest absolute Gasteiger partial charge is 0.338 e. The number of rotatable bonds is 4. The van der Waals surface area contributed by atoms with Crippen molar-refractivity contribution in [1.82, 2.24) is 25.7 Å². The number of nitrogens with one attached hydrogen (secondary N) is 3. The molecule has 1 aliphatic heterocycles. The van der Waals surface area contributed by atoms with Crippen molar-refractivity contribution < 1.29 is 9.18 Å². The van der Waals surface area contributed by atoms with E-state index in [1.165, 1.54) is 23.5 Å². The van der Waals surface area contributed by atoms with Gasteiger partial charge in [0.2, 0.25) is 5.91 Å². The van der Waals surface area contributed by atoms with E-state index < -0.39 is 0 Å². The van der Waals surface area contributed by atoms with E-state index in [-0.39, 0.29) is 35.8 Å². The number of thiophene rings is 1. The van der Waals surface area contributed by atoms with Crippen LogP contribution in [0, 0.1) is 11.7 Å². The van der Waals surface area contributed by atoms with Crippen molar-refractivity contribution in [2.75, 3.05) is 13.6 Å². The smallest absolute Gasteiger partial charge is 0.268 e. The molecule has 0 aliphatic carbocycles. The Hall–Kier alpha value is -2.62. The fourth-order valence-electron chi connectivity index (χ4n) is 3.30. The van der Waals surface area contributed by atoms with Crippen LogP contribution in [0.2, 0.25) is 0 Å². The first-order chi connectivity index (χ1) is 13.0. The summed E-state index contributed by atoms with van der Waals surface area (Å²) < 4.78 is 13.8. The molecule has 4 rings (SSSR count). The van der Waals surface area contributed by atoms with Gasteiger partial charge in [0.1, 0.15) is 16.3 Å². The summed E-state index contributed by atoms with van der Waals surface area (Å²) in [7, 11) is 1.68. The second kappa shape index (κ2) is 7.18. The highest BCUT2D eigenvalue weighted by Gasteiger charge is 2.35. The predicted molar refractivity (Wildman–Crippen MR) is 100 cm³/mol. The summed E-state index contributed by atoms with van der Waals surface area (Å²) in [6, 6.07) is 7.63. The van der Waals surface area contributed by atoms with Gasteiger partial charge in [0.05, 0.1) is 24.0 Å². The summed E-state index contributed by atoms with van der Waals surface area (Å²) in [4.78, 5) is 33.8. The number of H-pyrrole nitrogens is 1. The molecule has 1 aromatic carbocycles. The van der Waals surface area contributed by atoms with Crippen LogP contribution < -0.4 is 16.4 Å². The predicted octanol–water partition coefficient (Wildman–Crippen LogP) is 1.55. The maximum atomic E-state index is 13.2. The molecule has 1 fully saturated rings. The number of aromatic nitrogens is 2. The van der Waals surface area contributed by atoms with E-state index >= 15 is 0 Å². The molecule has 2 unspecified atom stereocenters. The SMILES string of the molecule is CN(Cc1nc2ccsc2c(=O)[nH]1)C(=O)C1CNNC1c1ccc(F)cc1. The number of halogens is 1. The van der Waals surface area contributed by atoms with E-state index in [2.05, 4.69) is 20.8 Å². The van der Waals surface area contributed by atoms with Gasteiger partial charge < -0.3 is 9.88 Å². The third kappa shape index (κ3) is 3.48. The Morgan fingerprint density at radius 2 is 2.11 bits per heavy atom. The molecular formula is C18H18FN5O2S. The Kier molecular flexibility index (Phi) is 4.73. The third-order valence-corrected chi connectivity index (χ3v) is 5.56. The molecule has 9 heteroatoms. The van der Waals surface area contributed by atoms with Gasteiger partial charge in [-0.3, -0.25) is 15.0 Å². The summed E-state index contributed by atoms with van der Waals surface area (Å²) in [5, 5.41) is 1.81. The van der Waals surface area contributed by atoms with Gasteiger partial charge in [0, 0.05) is 13.6 Å². The number of hydrazine groups is 1. The minimum Gasteiger partial charge on any atom is -0.338 e. The number of carbonyl (C=O) groups excluding carboxylic acids is 1.